The first kappa shape index (κ1) is 26.5. The monoisotopic (exact) mass is 607 g/mol. The van der Waals surface area contributed by atoms with Gasteiger partial charge in [-0.05, 0) is 47.5 Å². The molecular weight excluding hydrogens is 583 g/mol. The molecule has 0 N–H and O–H groups in total. The van der Waals surface area contributed by atoms with Crippen LogP contribution in [0.2, 0.25) is 0 Å². The Morgan fingerprint density at radius 1 is 0.478 bits per heavy atom. The highest BCUT2D eigenvalue weighted by Crippen LogP contribution is 2.42. The first-order chi connectivity index (χ1) is 22.8. The second-order valence-electron chi connectivity index (χ2n) is 11.2. The van der Waals surface area contributed by atoms with Gasteiger partial charge in [-0.2, -0.15) is 0 Å². The van der Waals surface area contributed by atoms with Crippen LogP contribution in [0.3, 0.4) is 0 Å². The van der Waals surface area contributed by atoms with Gasteiger partial charge in [0, 0.05) is 27.5 Å². The van der Waals surface area contributed by atoms with Crippen molar-refractivity contribution in [3.63, 3.8) is 0 Å². The smallest absolute Gasteiger partial charge is 0.160 e. The molecule has 0 amide bonds. The highest BCUT2D eigenvalue weighted by Gasteiger charge is 2.20. The summed E-state index contributed by atoms with van der Waals surface area (Å²) in [4.78, 5) is 15.2. The molecule has 0 fully saturated rings. The van der Waals surface area contributed by atoms with Gasteiger partial charge >= 0.3 is 0 Å². The van der Waals surface area contributed by atoms with Crippen molar-refractivity contribution in [2.24, 2.45) is 0 Å². The van der Waals surface area contributed by atoms with Crippen LogP contribution in [0.25, 0.3) is 87.8 Å². The molecule has 0 aliphatic carbocycles. The van der Waals surface area contributed by atoms with E-state index in [1.807, 2.05) is 42.5 Å². The van der Waals surface area contributed by atoms with E-state index in [0.29, 0.717) is 5.82 Å². The van der Waals surface area contributed by atoms with E-state index in [4.69, 9.17) is 19.4 Å². The fourth-order valence-corrected chi connectivity index (χ4v) is 7.14. The highest BCUT2D eigenvalue weighted by atomic mass is 32.1. The lowest BCUT2D eigenvalue weighted by molar-refractivity contribution is 0.670. The van der Waals surface area contributed by atoms with Gasteiger partial charge in [-0.3, -0.25) is 0 Å². The average molecular weight is 608 g/mol. The number of aromatic nitrogens is 3. The van der Waals surface area contributed by atoms with E-state index in [-0.39, 0.29) is 0 Å². The van der Waals surface area contributed by atoms with Crippen LogP contribution in [0.4, 0.5) is 0 Å². The predicted molar refractivity (Wildman–Crippen MR) is 190 cm³/mol. The molecule has 3 aromatic heterocycles. The molecule has 0 radical (unpaired) electrons. The minimum absolute atomic E-state index is 0.679. The summed E-state index contributed by atoms with van der Waals surface area (Å²) < 4.78 is 7.77. The van der Waals surface area contributed by atoms with Crippen LogP contribution in [-0.2, 0) is 0 Å². The summed E-state index contributed by atoms with van der Waals surface area (Å²) in [5.41, 5.74) is 10.6. The molecule has 3 heterocycles. The number of thiazole rings is 1. The van der Waals surface area contributed by atoms with Crippen molar-refractivity contribution in [1.82, 2.24) is 15.0 Å². The second-order valence-corrected chi connectivity index (χ2v) is 12.3. The number of para-hydroxylation sites is 2. The summed E-state index contributed by atoms with van der Waals surface area (Å²) in [7, 11) is 0. The van der Waals surface area contributed by atoms with Crippen molar-refractivity contribution in [2.75, 3.05) is 0 Å². The molecule has 46 heavy (non-hydrogen) atoms. The molecule has 9 rings (SSSR count). The maximum Gasteiger partial charge on any atom is 0.160 e. The molecule has 9 aromatic rings. The molecule has 0 bridgehead atoms. The molecule has 0 aliphatic heterocycles. The molecule has 0 unspecified atom stereocenters. The Hall–Kier alpha value is -5.91. The summed E-state index contributed by atoms with van der Waals surface area (Å²) in [5, 5.41) is 3.01. The number of furan rings is 1. The fraction of sp³-hybridized carbons (Fsp3) is 0. The van der Waals surface area contributed by atoms with Crippen molar-refractivity contribution < 1.29 is 4.42 Å². The molecule has 0 spiro atoms. The standard InChI is InChI=1S/C41H25N3OS/c1-3-12-26(13-4-1)28-16-9-17-29(24-28)34-25-35(43-40(42-34)27-14-5-2-6-15-27)30-18-11-22-36-38(30)31-19-10-20-32(39(31)45-36)41-44-33-21-7-8-23-37(33)46-41/h1-25H. The van der Waals surface area contributed by atoms with Crippen LogP contribution in [0, 0.1) is 0 Å². The Balaban J connectivity index is 1.25. The third kappa shape index (κ3) is 4.57. The second kappa shape index (κ2) is 10.9. The van der Waals surface area contributed by atoms with Crippen molar-refractivity contribution in [3.05, 3.63) is 152 Å². The average Bonchev–Trinajstić information content (AvgIpc) is 3.74. The van der Waals surface area contributed by atoms with Crippen LogP contribution >= 0.6 is 11.3 Å². The molecular formula is C41H25N3OS. The normalized spacial score (nSPS) is 11.5. The number of benzene rings is 6. The van der Waals surface area contributed by atoms with Gasteiger partial charge in [-0.1, -0.05) is 115 Å². The number of nitrogens with zero attached hydrogens (tertiary/aromatic N) is 3. The number of rotatable bonds is 5. The summed E-state index contributed by atoms with van der Waals surface area (Å²) in [6.45, 7) is 0. The molecule has 0 aliphatic rings. The van der Waals surface area contributed by atoms with Gasteiger partial charge in [0.25, 0.3) is 0 Å². The van der Waals surface area contributed by atoms with Gasteiger partial charge in [0.15, 0.2) is 5.82 Å². The van der Waals surface area contributed by atoms with E-state index in [1.54, 1.807) is 11.3 Å². The van der Waals surface area contributed by atoms with Gasteiger partial charge in [0.2, 0.25) is 0 Å². The molecule has 6 aromatic carbocycles. The summed E-state index contributed by atoms with van der Waals surface area (Å²) in [6.07, 6.45) is 0. The van der Waals surface area contributed by atoms with E-state index in [0.717, 1.165) is 76.4 Å². The fourth-order valence-electron chi connectivity index (χ4n) is 6.16. The minimum atomic E-state index is 0.679. The zero-order chi connectivity index (χ0) is 30.5. The lowest BCUT2D eigenvalue weighted by atomic mass is 9.99. The number of hydrogen-bond acceptors (Lipinski definition) is 5. The van der Waals surface area contributed by atoms with Crippen molar-refractivity contribution in [3.8, 4) is 55.6 Å². The maximum absolute atomic E-state index is 6.61. The summed E-state index contributed by atoms with van der Waals surface area (Å²) >= 11 is 1.68. The largest absolute Gasteiger partial charge is 0.455 e. The molecule has 216 valence electrons. The lowest BCUT2D eigenvalue weighted by Crippen LogP contribution is -1.96. The lowest BCUT2D eigenvalue weighted by Gasteiger charge is -2.11. The summed E-state index contributed by atoms with van der Waals surface area (Å²) in [5.74, 6) is 0.679. The Bertz CT molecular complexity index is 2500. The maximum atomic E-state index is 6.61. The highest BCUT2D eigenvalue weighted by molar-refractivity contribution is 7.21. The van der Waals surface area contributed by atoms with Gasteiger partial charge in [0.05, 0.1) is 27.2 Å². The van der Waals surface area contributed by atoms with Crippen LogP contribution in [0.1, 0.15) is 0 Å². The zero-order valence-corrected chi connectivity index (χ0v) is 25.4. The number of hydrogen-bond donors (Lipinski definition) is 0. The molecule has 0 atom stereocenters. The third-order valence-electron chi connectivity index (χ3n) is 8.35. The Kier molecular flexibility index (Phi) is 6.28. The topological polar surface area (TPSA) is 51.8 Å². The van der Waals surface area contributed by atoms with Gasteiger partial charge in [0.1, 0.15) is 16.2 Å². The van der Waals surface area contributed by atoms with E-state index in [1.165, 1.54) is 5.56 Å². The Morgan fingerprint density at radius 3 is 2.00 bits per heavy atom. The SMILES string of the molecule is c1ccc(-c2cccc(-c3cc(-c4cccc5oc6c(-c7nc8ccccc8s7)cccc6c45)nc(-c4ccccc4)n3)c2)cc1. The Labute approximate surface area is 269 Å². The third-order valence-corrected chi connectivity index (χ3v) is 9.42. The molecule has 0 saturated carbocycles. The zero-order valence-electron chi connectivity index (χ0n) is 24.6. The molecule has 0 saturated heterocycles. The molecule has 5 heteroatoms. The first-order valence-corrected chi connectivity index (χ1v) is 16.0. The minimum Gasteiger partial charge on any atom is -0.455 e. The number of fused-ring (bicyclic) bond motifs is 4. The molecule has 4 nitrogen and oxygen atoms in total. The van der Waals surface area contributed by atoms with Gasteiger partial charge in [-0.25, -0.2) is 15.0 Å². The van der Waals surface area contributed by atoms with E-state index in [2.05, 4.69) is 109 Å². The van der Waals surface area contributed by atoms with Crippen LogP contribution in [-0.4, -0.2) is 15.0 Å². The van der Waals surface area contributed by atoms with Crippen molar-refractivity contribution >= 4 is 43.5 Å². The quantitative estimate of drug-likeness (QED) is 0.195. The van der Waals surface area contributed by atoms with E-state index in [9.17, 15) is 0 Å². The van der Waals surface area contributed by atoms with Crippen LogP contribution in [0.5, 0.6) is 0 Å². The van der Waals surface area contributed by atoms with E-state index < -0.39 is 0 Å². The van der Waals surface area contributed by atoms with Gasteiger partial charge in [-0.15, -0.1) is 11.3 Å². The van der Waals surface area contributed by atoms with Gasteiger partial charge < -0.3 is 4.42 Å². The van der Waals surface area contributed by atoms with Crippen molar-refractivity contribution in [2.45, 2.75) is 0 Å². The predicted octanol–water partition coefficient (Wildman–Crippen LogP) is 11.3. The first-order valence-electron chi connectivity index (χ1n) is 15.2. The van der Waals surface area contributed by atoms with Crippen molar-refractivity contribution in [1.29, 1.82) is 0 Å². The summed E-state index contributed by atoms with van der Waals surface area (Å²) in [6, 6.07) is 52.0. The van der Waals surface area contributed by atoms with Crippen LogP contribution in [0.15, 0.2) is 156 Å². The van der Waals surface area contributed by atoms with E-state index >= 15 is 0 Å². The van der Waals surface area contributed by atoms with Crippen LogP contribution < -0.4 is 0 Å². The Morgan fingerprint density at radius 2 is 1.15 bits per heavy atom.